The number of amides is 3. The van der Waals surface area contributed by atoms with E-state index in [1.165, 1.54) is 31.2 Å². The van der Waals surface area contributed by atoms with E-state index in [1.807, 2.05) is 13.8 Å². The van der Waals surface area contributed by atoms with Gasteiger partial charge in [0.05, 0.1) is 4.90 Å². The van der Waals surface area contributed by atoms with Gasteiger partial charge >= 0.3 is 6.03 Å². The Morgan fingerprint density at radius 1 is 0.857 bits per heavy atom. The van der Waals surface area contributed by atoms with E-state index in [1.54, 1.807) is 24.3 Å². The van der Waals surface area contributed by atoms with Crippen molar-refractivity contribution in [1.82, 2.24) is 5.32 Å². The fraction of sp³-hybridized carbons (Fsp3) is 0.263. The van der Waals surface area contributed by atoms with Crippen molar-refractivity contribution in [3.8, 4) is 0 Å². The van der Waals surface area contributed by atoms with Gasteiger partial charge in [-0.25, -0.2) is 13.2 Å². The molecule has 2 aromatic carbocycles. The maximum atomic E-state index is 12.5. The summed E-state index contributed by atoms with van der Waals surface area (Å²) in [6, 6.07) is 11.8. The summed E-state index contributed by atoms with van der Waals surface area (Å²) in [5.74, 6) is 0.122. The van der Waals surface area contributed by atoms with Crippen LogP contribution in [0.25, 0.3) is 0 Å². The van der Waals surface area contributed by atoms with Crippen molar-refractivity contribution in [3.63, 3.8) is 0 Å². The third-order valence-corrected chi connectivity index (χ3v) is 4.95. The molecule has 0 spiro atoms. The first-order valence-corrected chi connectivity index (χ1v) is 10.2. The number of sulfonamides is 1. The molecule has 0 aliphatic heterocycles. The van der Waals surface area contributed by atoms with Gasteiger partial charge in [-0.2, -0.15) is 0 Å². The Balaban J connectivity index is 2.01. The van der Waals surface area contributed by atoms with Gasteiger partial charge in [0.25, 0.3) is 10.0 Å². The van der Waals surface area contributed by atoms with E-state index in [2.05, 4.69) is 20.7 Å². The standard InChI is InChI=1S/C19H24N4O4S/c1-13(2)12-20-19(25)22-16-8-10-18(11-9-16)28(26,27)23-17-6-4-15(5-7-17)21-14(3)24/h4-11,13,23H,12H2,1-3H3,(H,21,24)(H2,20,22,25). The minimum Gasteiger partial charge on any atom is -0.338 e. The van der Waals surface area contributed by atoms with E-state index in [0.717, 1.165) is 0 Å². The summed E-state index contributed by atoms with van der Waals surface area (Å²) in [5.41, 5.74) is 1.42. The molecular weight excluding hydrogens is 380 g/mol. The second-order valence-corrected chi connectivity index (χ2v) is 8.30. The lowest BCUT2D eigenvalue weighted by Gasteiger charge is -2.11. The average molecular weight is 404 g/mol. The van der Waals surface area contributed by atoms with Gasteiger partial charge in [-0.3, -0.25) is 9.52 Å². The monoisotopic (exact) mass is 404 g/mol. The molecule has 0 aliphatic carbocycles. The fourth-order valence-electron chi connectivity index (χ4n) is 2.23. The lowest BCUT2D eigenvalue weighted by Crippen LogP contribution is -2.31. The Hall–Kier alpha value is -3.07. The van der Waals surface area contributed by atoms with Crippen molar-refractivity contribution in [1.29, 1.82) is 0 Å². The molecule has 0 atom stereocenters. The van der Waals surface area contributed by atoms with E-state index < -0.39 is 10.0 Å². The van der Waals surface area contributed by atoms with Crippen LogP contribution in [-0.4, -0.2) is 26.9 Å². The van der Waals surface area contributed by atoms with Gasteiger partial charge in [-0.1, -0.05) is 13.8 Å². The highest BCUT2D eigenvalue weighted by atomic mass is 32.2. The molecule has 2 aromatic rings. The topological polar surface area (TPSA) is 116 Å². The Morgan fingerprint density at radius 2 is 1.36 bits per heavy atom. The summed E-state index contributed by atoms with van der Waals surface area (Å²) in [5, 5.41) is 7.97. The van der Waals surface area contributed by atoms with Gasteiger partial charge < -0.3 is 16.0 Å². The van der Waals surface area contributed by atoms with Gasteiger partial charge in [-0.15, -0.1) is 0 Å². The molecule has 0 bridgehead atoms. The van der Waals surface area contributed by atoms with E-state index in [4.69, 9.17) is 0 Å². The van der Waals surface area contributed by atoms with Gasteiger partial charge in [0.15, 0.2) is 0 Å². The highest BCUT2D eigenvalue weighted by molar-refractivity contribution is 7.92. The number of hydrogen-bond donors (Lipinski definition) is 4. The third-order valence-electron chi connectivity index (χ3n) is 3.55. The van der Waals surface area contributed by atoms with Crippen LogP contribution in [0, 0.1) is 5.92 Å². The first-order chi connectivity index (χ1) is 13.2. The number of nitrogens with one attached hydrogen (secondary N) is 4. The van der Waals surface area contributed by atoms with E-state index in [-0.39, 0.29) is 16.8 Å². The smallest absolute Gasteiger partial charge is 0.319 e. The Kier molecular flexibility index (Phi) is 7.00. The molecule has 0 fully saturated rings. The molecule has 0 saturated heterocycles. The summed E-state index contributed by atoms with van der Waals surface area (Å²) in [4.78, 5) is 22.8. The molecular formula is C19H24N4O4S. The van der Waals surface area contributed by atoms with Crippen molar-refractivity contribution in [2.45, 2.75) is 25.7 Å². The van der Waals surface area contributed by atoms with Gasteiger partial charge in [0, 0.05) is 30.5 Å². The summed E-state index contributed by atoms with van der Waals surface area (Å²) >= 11 is 0. The van der Waals surface area contributed by atoms with E-state index in [0.29, 0.717) is 29.5 Å². The highest BCUT2D eigenvalue weighted by Gasteiger charge is 2.14. The predicted molar refractivity (Wildman–Crippen MR) is 110 cm³/mol. The van der Waals surface area contributed by atoms with Crippen LogP contribution < -0.4 is 20.7 Å². The predicted octanol–water partition coefficient (Wildman–Crippen LogP) is 3.22. The summed E-state index contributed by atoms with van der Waals surface area (Å²) in [6.45, 7) is 5.91. The number of rotatable bonds is 7. The third kappa shape index (κ3) is 6.58. The molecule has 0 saturated carbocycles. The Morgan fingerprint density at radius 3 is 1.89 bits per heavy atom. The average Bonchev–Trinajstić information content (AvgIpc) is 2.61. The fourth-order valence-corrected chi connectivity index (χ4v) is 3.29. The summed E-state index contributed by atoms with van der Waals surface area (Å²) in [7, 11) is -3.78. The number of carbonyl (C=O) groups excluding carboxylic acids is 2. The highest BCUT2D eigenvalue weighted by Crippen LogP contribution is 2.20. The van der Waals surface area contributed by atoms with Gasteiger partial charge in [-0.05, 0) is 54.4 Å². The molecule has 4 N–H and O–H groups in total. The van der Waals surface area contributed by atoms with Crippen molar-refractivity contribution < 1.29 is 18.0 Å². The van der Waals surface area contributed by atoms with E-state index >= 15 is 0 Å². The zero-order chi connectivity index (χ0) is 20.7. The summed E-state index contributed by atoms with van der Waals surface area (Å²) < 4.78 is 27.5. The number of benzene rings is 2. The van der Waals surface area contributed by atoms with Crippen LogP contribution in [0.2, 0.25) is 0 Å². The molecule has 28 heavy (non-hydrogen) atoms. The molecule has 8 nitrogen and oxygen atoms in total. The first-order valence-electron chi connectivity index (χ1n) is 8.71. The zero-order valence-electron chi connectivity index (χ0n) is 15.9. The molecule has 2 rings (SSSR count). The molecule has 9 heteroatoms. The Bertz CT molecular complexity index is 923. The maximum Gasteiger partial charge on any atom is 0.319 e. The number of hydrogen-bond acceptors (Lipinski definition) is 4. The van der Waals surface area contributed by atoms with Gasteiger partial charge in [0.1, 0.15) is 0 Å². The van der Waals surface area contributed by atoms with Crippen molar-refractivity contribution in [3.05, 3.63) is 48.5 Å². The molecule has 3 amide bonds. The van der Waals surface area contributed by atoms with Crippen LogP contribution in [0.1, 0.15) is 20.8 Å². The second kappa shape index (κ2) is 9.23. The number of carbonyl (C=O) groups is 2. The minimum absolute atomic E-state index is 0.0616. The Labute approximate surface area is 164 Å². The van der Waals surface area contributed by atoms with Crippen molar-refractivity contribution in [2.24, 2.45) is 5.92 Å². The lowest BCUT2D eigenvalue weighted by atomic mass is 10.2. The molecule has 150 valence electrons. The summed E-state index contributed by atoms with van der Waals surface area (Å²) in [6.07, 6.45) is 0. The first kappa shape index (κ1) is 21.2. The molecule has 0 aliphatic rings. The van der Waals surface area contributed by atoms with Crippen LogP contribution >= 0.6 is 0 Å². The molecule has 0 unspecified atom stereocenters. The van der Waals surface area contributed by atoms with Crippen molar-refractivity contribution in [2.75, 3.05) is 21.9 Å². The zero-order valence-corrected chi connectivity index (χ0v) is 16.8. The lowest BCUT2D eigenvalue weighted by molar-refractivity contribution is -0.114. The SMILES string of the molecule is CC(=O)Nc1ccc(NS(=O)(=O)c2ccc(NC(=O)NCC(C)C)cc2)cc1. The quantitative estimate of drug-likeness (QED) is 0.567. The van der Waals surface area contributed by atoms with Crippen LogP contribution in [0.3, 0.4) is 0 Å². The number of anilines is 3. The normalized spacial score (nSPS) is 11.0. The minimum atomic E-state index is -3.78. The second-order valence-electron chi connectivity index (χ2n) is 6.62. The number of urea groups is 1. The van der Waals surface area contributed by atoms with Crippen LogP contribution in [0.15, 0.2) is 53.4 Å². The van der Waals surface area contributed by atoms with Crippen LogP contribution in [0.4, 0.5) is 21.9 Å². The van der Waals surface area contributed by atoms with Gasteiger partial charge in [0.2, 0.25) is 5.91 Å². The van der Waals surface area contributed by atoms with Crippen molar-refractivity contribution >= 4 is 39.0 Å². The molecule has 0 heterocycles. The van der Waals surface area contributed by atoms with Crippen LogP contribution in [-0.2, 0) is 14.8 Å². The molecule has 0 radical (unpaired) electrons. The van der Waals surface area contributed by atoms with Crippen LogP contribution in [0.5, 0.6) is 0 Å². The largest absolute Gasteiger partial charge is 0.338 e. The molecule has 0 aromatic heterocycles. The maximum absolute atomic E-state index is 12.5. The van der Waals surface area contributed by atoms with E-state index in [9.17, 15) is 18.0 Å².